The molecule has 2 nitrogen and oxygen atoms in total. The topological polar surface area (TPSA) is 15.3 Å². The Balaban J connectivity index is 2.11. The van der Waals surface area contributed by atoms with Gasteiger partial charge in [-0.1, -0.05) is 27.7 Å². The summed E-state index contributed by atoms with van der Waals surface area (Å²) in [6.07, 6.45) is 9.63. The first kappa shape index (κ1) is 17.3. The van der Waals surface area contributed by atoms with Gasteiger partial charge in [0, 0.05) is 24.2 Å². The second-order valence-electron chi connectivity index (χ2n) is 7.88. The fraction of sp³-hybridized carbons (Fsp3) is 1.00. The standard InChI is InChI=1S/C19H38N2/c1-6-12-20-18-11-9-16(14(3)4)13-19(18)21-15(5)8-10-17(21)7-2/h14-20H,6-13H2,1-5H3. The van der Waals surface area contributed by atoms with E-state index >= 15 is 0 Å². The highest BCUT2D eigenvalue weighted by atomic mass is 15.3. The molecule has 1 aliphatic carbocycles. The third-order valence-corrected chi connectivity index (χ3v) is 6.16. The zero-order valence-electron chi connectivity index (χ0n) is 15.1. The van der Waals surface area contributed by atoms with Gasteiger partial charge in [0.15, 0.2) is 0 Å². The summed E-state index contributed by atoms with van der Waals surface area (Å²) in [6, 6.07) is 3.13. The van der Waals surface area contributed by atoms with Crippen LogP contribution in [-0.2, 0) is 0 Å². The lowest BCUT2D eigenvalue weighted by atomic mass is 9.76. The van der Waals surface area contributed by atoms with E-state index in [0.717, 1.165) is 36.0 Å². The number of nitrogens with zero attached hydrogens (tertiary/aromatic N) is 1. The van der Waals surface area contributed by atoms with Crippen molar-refractivity contribution < 1.29 is 0 Å². The SMILES string of the molecule is CCCNC1CCC(C(C)C)CC1N1C(C)CCC1CC. The molecule has 2 heteroatoms. The van der Waals surface area contributed by atoms with Gasteiger partial charge in [0.05, 0.1) is 0 Å². The molecule has 1 aliphatic heterocycles. The maximum atomic E-state index is 3.88. The average Bonchev–Trinajstić information content (AvgIpc) is 2.85. The molecule has 2 fully saturated rings. The van der Waals surface area contributed by atoms with Gasteiger partial charge in [-0.25, -0.2) is 0 Å². The minimum absolute atomic E-state index is 0.731. The van der Waals surface area contributed by atoms with E-state index in [-0.39, 0.29) is 0 Å². The Bertz CT molecular complexity index is 302. The van der Waals surface area contributed by atoms with Crippen molar-refractivity contribution in [2.75, 3.05) is 6.54 Å². The fourth-order valence-corrected chi connectivity index (χ4v) is 4.79. The number of likely N-dealkylation sites (tertiary alicyclic amines) is 1. The molecule has 0 amide bonds. The number of hydrogen-bond acceptors (Lipinski definition) is 2. The van der Waals surface area contributed by atoms with Crippen LogP contribution in [0.5, 0.6) is 0 Å². The predicted molar refractivity (Wildman–Crippen MR) is 92.7 cm³/mol. The first-order valence-corrected chi connectivity index (χ1v) is 9.59. The third kappa shape index (κ3) is 4.01. The predicted octanol–water partition coefficient (Wildman–Crippen LogP) is 4.44. The van der Waals surface area contributed by atoms with Gasteiger partial charge in [0.1, 0.15) is 0 Å². The van der Waals surface area contributed by atoms with Gasteiger partial charge in [0.2, 0.25) is 0 Å². The quantitative estimate of drug-likeness (QED) is 0.779. The van der Waals surface area contributed by atoms with Crippen molar-refractivity contribution in [3.63, 3.8) is 0 Å². The highest BCUT2D eigenvalue weighted by Gasteiger charge is 2.41. The summed E-state index contributed by atoms with van der Waals surface area (Å²) < 4.78 is 0. The summed E-state index contributed by atoms with van der Waals surface area (Å²) in [4.78, 5) is 2.92. The molecule has 2 aliphatic rings. The first-order chi connectivity index (χ1) is 10.1. The highest BCUT2D eigenvalue weighted by Crippen LogP contribution is 2.38. The van der Waals surface area contributed by atoms with Crippen molar-refractivity contribution in [1.29, 1.82) is 0 Å². The molecule has 0 aromatic heterocycles. The fourth-order valence-electron chi connectivity index (χ4n) is 4.79. The third-order valence-electron chi connectivity index (χ3n) is 6.16. The van der Waals surface area contributed by atoms with Crippen LogP contribution in [0.1, 0.15) is 79.6 Å². The zero-order valence-corrected chi connectivity index (χ0v) is 15.1. The van der Waals surface area contributed by atoms with Gasteiger partial charge in [-0.05, 0) is 70.3 Å². The Morgan fingerprint density at radius 3 is 2.48 bits per heavy atom. The molecule has 124 valence electrons. The van der Waals surface area contributed by atoms with E-state index in [0.29, 0.717) is 0 Å². The highest BCUT2D eigenvalue weighted by molar-refractivity contribution is 4.98. The summed E-state index contributed by atoms with van der Waals surface area (Å²) >= 11 is 0. The molecule has 1 saturated heterocycles. The van der Waals surface area contributed by atoms with Crippen molar-refractivity contribution in [2.45, 2.75) is 104 Å². The van der Waals surface area contributed by atoms with E-state index in [1.54, 1.807) is 0 Å². The number of hydrogen-bond donors (Lipinski definition) is 1. The molecule has 21 heavy (non-hydrogen) atoms. The monoisotopic (exact) mass is 294 g/mol. The van der Waals surface area contributed by atoms with Gasteiger partial charge in [-0.3, -0.25) is 4.90 Å². The molecule has 1 heterocycles. The molecule has 0 radical (unpaired) electrons. The smallest absolute Gasteiger partial charge is 0.0257 e. The Morgan fingerprint density at radius 1 is 1.10 bits per heavy atom. The Kier molecular flexibility index (Phi) is 6.55. The minimum Gasteiger partial charge on any atom is -0.312 e. The van der Waals surface area contributed by atoms with Gasteiger partial charge in [-0.15, -0.1) is 0 Å². The van der Waals surface area contributed by atoms with Gasteiger partial charge >= 0.3 is 0 Å². The molecule has 0 spiro atoms. The van der Waals surface area contributed by atoms with E-state index in [4.69, 9.17) is 0 Å². The van der Waals surface area contributed by atoms with Crippen molar-refractivity contribution >= 4 is 0 Å². The van der Waals surface area contributed by atoms with E-state index in [9.17, 15) is 0 Å². The lowest BCUT2D eigenvalue weighted by Crippen LogP contribution is -2.56. The van der Waals surface area contributed by atoms with Crippen molar-refractivity contribution in [3.8, 4) is 0 Å². The molecule has 5 unspecified atom stereocenters. The van der Waals surface area contributed by atoms with Crippen LogP contribution in [0.2, 0.25) is 0 Å². The molecule has 2 rings (SSSR count). The average molecular weight is 295 g/mol. The van der Waals surface area contributed by atoms with Crippen LogP contribution < -0.4 is 5.32 Å². The summed E-state index contributed by atoms with van der Waals surface area (Å²) in [7, 11) is 0. The Labute approximate surface area is 133 Å². The van der Waals surface area contributed by atoms with Crippen LogP contribution >= 0.6 is 0 Å². The van der Waals surface area contributed by atoms with Crippen LogP contribution in [-0.4, -0.2) is 35.6 Å². The normalized spacial score (nSPS) is 38.3. The number of nitrogens with one attached hydrogen (secondary N) is 1. The van der Waals surface area contributed by atoms with Crippen LogP contribution in [0.4, 0.5) is 0 Å². The van der Waals surface area contributed by atoms with Crippen LogP contribution in [0.15, 0.2) is 0 Å². The molecule has 1 saturated carbocycles. The van der Waals surface area contributed by atoms with E-state index in [1.807, 2.05) is 0 Å². The van der Waals surface area contributed by atoms with Crippen LogP contribution in [0.25, 0.3) is 0 Å². The van der Waals surface area contributed by atoms with Crippen LogP contribution in [0.3, 0.4) is 0 Å². The summed E-state index contributed by atoms with van der Waals surface area (Å²) in [5, 5.41) is 3.88. The lowest BCUT2D eigenvalue weighted by Gasteiger charge is -2.46. The number of rotatable bonds is 6. The second-order valence-corrected chi connectivity index (χ2v) is 7.88. The molecule has 1 N–H and O–H groups in total. The molecule has 0 bridgehead atoms. The van der Waals surface area contributed by atoms with Crippen molar-refractivity contribution in [3.05, 3.63) is 0 Å². The first-order valence-electron chi connectivity index (χ1n) is 9.59. The molecule has 0 aromatic rings. The Morgan fingerprint density at radius 2 is 1.86 bits per heavy atom. The van der Waals surface area contributed by atoms with E-state index in [1.165, 1.54) is 51.5 Å². The maximum absolute atomic E-state index is 3.88. The Hall–Kier alpha value is -0.0800. The van der Waals surface area contributed by atoms with Gasteiger partial charge in [0.25, 0.3) is 0 Å². The lowest BCUT2D eigenvalue weighted by molar-refractivity contribution is 0.0488. The van der Waals surface area contributed by atoms with Gasteiger partial charge < -0.3 is 5.32 Å². The molecular formula is C19H38N2. The van der Waals surface area contributed by atoms with Gasteiger partial charge in [-0.2, -0.15) is 0 Å². The summed E-state index contributed by atoms with van der Waals surface area (Å²) in [6.45, 7) is 13.2. The summed E-state index contributed by atoms with van der Waals surface area (Å²) in [5.41, 5.74) is 0. The van der Waals surface area contributed by atoms with Crippen LogP contribution in [0, 0.1) is 11.8 Å². The molecule has 0 aromatic carbocycles. The molecule has 5 atom stereocenters. The van der Waals surface area contributed by atoms with Crippen molar-refractivity contribution in [1.82, 2.24) is 10.2 Å². The van der Waals surface area contributed by atoms with Crippen molar-refractivity contribution in [2.24, 2.45) is 11.8 Å². The maximum Gasteiger partial charge on any atom is 0.0257 e. The van der Waals surface area contributed by atoms with E-state index < -0.39 is 0 Å². The van der Waals surface area contributed by atoms with E-state index in [2.05, 4.69) is 44.8 Å². The zero-order chi connectivity index (χ0) is 15.4. The largest absolute Gasteiger partial charge is 0.312 e. The minimum atomic E-state index is 0.731. The second kappa shape index (κ2) is 7.97. The molecular weight excluding hydrogens is 256 g/mol. The summed E-state index contributed by atoms with van der Waals surface area (Å²) in [5.74, 6) is 1.78.